The van der Waals surface area contributed by atoms with E-state index in [4.69, 9.17) is 0 Å². The van der Waals surface area contributed by atoms with Gasteiger partial charge in [0.15, 0.2) is 0 Å². The van der Waals surface area contributed by atoms with Gasteiger partial charge in [0.1, 0.15) is 11.6 Å². The molecule has 0 aliphatic carbocycles. The summed E-state index contributed by atoms with van der Waals surface area (Å²) >= 11 is 0. The van der Waals surface area contributed by atoms with Gasteiger partial charge >= 0.3 is 0 Å². The number of aromatic nitrogens is 1. The lowest BCUT2D eigenvalue weighted by molar-refractivity contribution is -0.119. The Morgan fingerprint density at radius 3 is 2.80 bits per heavy atom. The zero-order chi connectivity index (χ0) is 14.4. The van der Waals surface area contributed by atoms with Crippen molar-refractivity contribution in [2.75, 3.05) is 29.9 Å². The van der Waals surface area contributed by atoms with Gasteiger partial charge in [0, 0.05) is 32.6 Å². The third kappa shape index (κ3) is 4.11. The summed E-state index contributed by atoms with van der Waals surface area (Å²) in [6, 6.07) is 6.41. The topological polar surface area (TPSA) is 57.3 Å². The van der Waals surface area contributed by atoms with Gasteiger partial charge in [0.05, 0.1) is 0 Å². The van der Waals surface area contributed by atoms with Gasteiger partial charge in [-0.1, -0.05) is 13.0 Å². The third-order valence-corrected chi connectivity index (χ3v) is 3.52. The Hall–Kier alpha value is -1.78. The maximum absolute atomic E-state index is 11.1. The van der Waals surface area contributed by atoms with Crippen LogP contribution in [0.1, 0.15) is 33.1 Å². The summed E-state index contributed by atoms with van der Waals surface area (Å²) in [5.74, 6) is 2.02. The first kappa shape index (κ1) is 14.6. The van der Waals surface area contributed by atoms with Gasteiger partial charge < -0.3 is 15.5 Å². The number of pyridine rings is 1. The van der Waals surface area contributed by atoms with E-state index in [9.17, 15) is 4.79 Å². The van der Waals surface area contributed by atoms with Gasteiger partial charge in [-0.05, 0) is 31.4 Å². The SMILES string of the molecule is CCCNc1cccc(N2CCC(NC(C)=O)CC2)n1. The highest BCUT2D eigenvalue weighted by molar-refractivity contribution is 5.73. The molecule has 1 aromatic heterocycles. The molecule has 0 radical (unpaired) electrons. The third-order valence-electron chi connectivity index (χ3n) is 3.52. The second-order valence-corrected chi connectivity index (χ2v) is 5.27. The molecule has 1 saturated heterocycles. The Kier molecular flexibility index (Phi) is 5.21. The molecule has 2 heterocycles. The van der Waals surface area contributed by atoms with Gasteiger partial charge in [0.25, 0.3) is 0 Å². The van der Waals surface area contributed by atoms with Crippen molar-refractivity contribution in [2.24, 2.45) is 0 Å². The number of nitrogens with one attached hydrogen (secondary N) is 2. The maximum Gasteiger partial charge on any atom is 0.217 e. The molecule has 1 aliphatic heterocycles. The lowest BCUT2D eigenvalue weighted by Gasteiger charge is -2.33. The minimum atomic E-state index is 0.0623. The molecule has 1 fully saturated rings. The Bertz CT molecular complexity index is 441. The second kappa shape index (κ2) is 7.12. The van der Waals surface area contributed by atoms with Crippen molar-refractivity contribution < 1.29 is 4.79 Å². The number of rotatable bonds is 5. The van der Waals surface area contributed by atoms with Crippen LogP contribution in [0.5, 0.6) is 0 Å². The molecular formula is C15H24N4O. The maximum atomic E-state index is 11.1. The van der Waals surface area contributed by atoms with Crippen LogP contribution in [-0.4, -0.2) is 36.6 Å². The molecule has 5 heteroatoms. The molecule has 110 valence electrons. The zero-order valence-electron chi connectivity index (χ0n) is 12.4. The molecule has 1 amide bonds. The fourth-order valence-corrected chi connectivity index (χ4v) is 2.49. The summed E-state index contributed by atoms with van der Waals surface area (Å²) in [6.07, 6.45) is 3.05. The van der Waals surface area contributed by atoms with Crippen LogP contribution in [0.25, 0.3) is 0 Å². The number of hydrogen-bond acceptors (Lipinski definition) is 4. The largest absolute Gasteiger partial charge is 0.370 e. The number of carbonyl (C=O) groups excluding carboxylic acids is 1. The summed E-state index contributed by atoms with van der Waals surface area (Å²) in [5.41, 5.74) is 0. The highest BCUT2D eigenvalue weighted by Gasteiger charge is 2.20. The Morgan fingerprint density at radius 2 is 2.15 bits per heavy atom. The van der Waals surface area contributed by atoms with E-state index in [0.29, 0.717) is 6.04 Å². The van der Waals surface area contributed by atoms with E-state index in [1.807, 2.05) is 12.1 Å². The molecule has 0 aromatic carbocycles. The number of amides is 1. The van der Waals surface area contributed by atoms with Crippen LogP contribution in [0.2, 0.25) is 0 Å². The second-order valence-electron chi connectivity index (χ2n) is 5.27. The van der Waals surface area contributed by atoms with E-state index >= 15 is 0 Å². The first-order chi connectivity index (χ1) is 9.69. The highest BCUT2D eigenvalue weighted by Crippen LogP contribution is 2.19. The highest BCUT2D eigenvalue weighted by atomic mass is 16.1. The standard InChI is InChI=1S/C15H24N4O/c1-3-9-16-14-5-4-6-15(18-14)19-10-7-13(8-11-19)17-12(2)20/h4-6,13H,3,7-11H2,1-2H3,(H,16,18)(H,17,20). The van der Waals surface area contributed by atoms with Gasteiger partial charge in [-0.2, -0.15) is 0 Å². The van der Waals surface area contributed by atoms with Crippen molar-refractivity contribution in [3.63, 3.8) is 0 Å². The molecule has 1 aliphatic rings. The average molecular weight is 276 g/mol. The van der Waals surface area contributed by atoms with Crippen LogP contribution in [0, 0.1) is 0 Å². The monoisotopic (exact) mass is 276 g/mol. The fraction of sp³-hybridized carbons (Fsp3) is 0.600. The summed E-state index contributed by atoms with van der Waals surface area (Å²) in [6.45, 7) is 6.55. The predicted octanol–water partition coefficient (Wildman–Crippen LogP) is 2.01. The molecule has 1 aromatic rings. The minimum Gasteiger partial charge on any atom is -0.370 e. The normalized spacial score (nSPS) is 16.0. The van der Waals surface area contributed by atoms with Crippen molar-refractivity contribution >= 4 is 17.5 Å². The first-order valence-electron chi connectivity index (χ1n) is 7.42. The fourth-order valence-electron chi connectivity index (χ4n) is 2.49. The van der Waals surface area contributed by atoms with Crippen LogP contribution in [0.3, 0.4) is 0 Å². The molecule has 2 N–H and O–H groups in total. The van der Waals surface area contributed by atoms with E-state index in [2.05, 4.69) is 33.5 Å². The quantitative estimate of drug-likeness (QED) is 0.864. The molecule has 20 heavy (non-hydrogen) atoms. The Balaban J connectivity index is 1.91. The molecule has 0 spiro atoms. The number of anilines is 2. The van der Waals surface area contributed by atoms with Crippen LogP contribution in [0.15, 0.2) is 18.2 Å². The summed E-state index contributed by atoms with van der Waals surface area (Å²) in [7, 11) is 0. The van der Waals surface area contributed by atoms with Crippen LogP contribution in [-0.2, 0) is 4.79 Å². The Morgan fingerprint density at radius 1 is 1.40 bits per heavy atom. The lowest BCUT2D eigenvalue weighted by Crippen LogP contribution is -2.44. The van der Waals surface area contributed by atoms with E-state index in [0.717, 1.165) is 50.5 Å². The van der Waals surface area contributed by atoms with Crippen molar-refractivity contribution in [3.8, 4) is 0 Å². The van der Waals surface area contributed by atoms with Crippen molar-refractivity contribution in [1.29, 1.82) is 0 Å². The molecule has 0 atom stereocenters. The summed E-state index contributed by atoms with van der Waals surface area (Å²) < 4.78 is 0. The molecule has 0 bridgehead atoms. The van der Waals surface area contributed by atoms with Gasteiger partial charge in [-0.25, -0.2) is 4.98 Å². The predicted molar refractivity (Wildman–Crippen MR) is 82.1 cm³/mol. The van der Waals surface area contributed by atoms with Gasteiger partial charge in [-0.3, -0.25) is 4.79 Å². The average Bonchev–Trinajstić information content (AvgIpc) is 2.45. The molecule has 2 rings (SSSR count). The van der Waals surface area contributed by atoms with Gasteiger partial charge in [-0.15, -0.1) is 0 Å². The number of carbonyl (C=O) groups is 1. The van der Waals surface area contributed by atoms with Crippen LogP contribution < -0.4 is 15.5 Å². The zero-order valence-corrected chi connectivity index (χ0v) is 12.4. The molecule has 0 saturated carbocycles. The Labute approximate surface area is 120 Å². The van der Waals surface area contributed by atoms with E-state index in [-0.39, 0.29) is 5.91 Å². The molecule has 5 nitrogen and oxygen atoms in total. The first-order valence-corrected chi connectivity index (χ1v) is 7.42. The van der Waals surface area contributed by atoms with E-state index < -0.39 is 0 Å². The molecule has 0 unspecified atom stereocenters. The number of piperidine rings is 1. The smallest absolute Gasteiger partial charge is 0.217 e. The van der Waals surface area contributed by atoms with Crippen molar-refractivity contribution in [2.45, 2.75) is 39.2 Å². The summed E-state index contributed by atoms with van der Waals surface area (Å²) in [5, 5.41) is 6.31. The van der Waals surface area contributed by atoms with E-state index in [1.54, 1.807) is 6.92 Å². The lowest BCUT2D eigenvalue weighted by atomic mass is 10.1. The summed E-state index contributed by atoms with van der Waals surface area (Å²) in [4.78, 5) is 18.0. The van der Waals surface area contributed by atoms with Crippen LogP contribution >= 0.6 is 0 Å². The van der Waals surface area contributed by atoms with Gasteiger partial charge in [0.2, 0.25) is 5.91 Å². The number of nitrogens with zero attached hydrogens (tertiary/aromatic N) is 2. The van der Waals surface area contributed by atoms with Crippen LogP contribution in [0.4, 0.5) is 11.6 Å². The minimum absolute atomic E-state index is 0.0623. The van der Waals surface area contributed by atoms with Crippen molar-refractivity contribution in [1.82, 2.24) is 10.3 Å². The molecular weight excluding hydrogens is 252 g/mol. The number of hydrogen-bond donors (Lipinski definition) is 2. The van der Waals surface area contributed by atoms with E-state index in [1.165, 1.54) is 0 Å². The van der Waals surface area contributed by atoms with Crippen molar-refractivity contribution in [3.05, 3.63) is 18.2 Å².